The van der Waals surface area contributed by atoms with Crippen LogP contribution in [0.4, 0.5) is 0 Å². The zero-order chi connectivity index (χ0) is 8.10. The molecule has 11 heavy (non-hydrogen) atoms. The predicted molar refractivity (Wildman–Crippen MR) is 47.8 cm³/mol. The van der Waals surface area contributed by atoms with Gasteiger partial charge < -0.3 is 10.8 Å². The summed E-state index contributed by atoms with van der Waals surface area (Å²) >= 11 is 1.70. The third-order valence-corrected chi connectivity index (χ3v) is 2.74. The number of hydrogen-bond acceptors (Lipinski definition) is 3. The molecule has 0 fully saturated rings. The van der Waals surface area contributed by atoms with Crippen molar-refractivity contribution in [2.75, 3.05) is 13.2 Å². The van der Waals surface area contributed by atoms with E-state index in [0.29, 0.717) is 12.5 Å². The van der Waals surface area contributed by atoms with Crippen LogP contribution in [0, 0.1) is 0 Å². The Hall–Kier alpha value is -0.380. The summed E-state index contributed by atoms with van der Waals surface area (Å²) in [7, 11) is 0. The minimum Gasteiger partial charge on any atom is -0.396 e. The zero-order valence-corrected chi connectivity index (χ0v) is 7.18. The van der Waals surface area contributed by atoms with Crippen LogP contribution < -0.4 is 5.73 Å². The lowest BCUT2D eigenvalue weighted by Gasteiger charge is -2.09. The Balaban J connectivity index is 2.56. The molecule has 0 saturated carbocycles. The Morgan fingerprint density at radius 3 is 2.91 bits per heavy atom. The standard InChI is InChI=1S/C8H13NOS/c9-6-7(3-4-10)8-2-1-5-11-8/h1-2,5,7,10H,3-4,6,9H2. The van der Waals surface area contributed by atoms with E-state index in [2.05, 4.69) is 6.07 Å². The van der Waals surface area contributed by atoms with Crippen LogP contribution in [0.2, 0.25) is 0 Å². The molecule has 1 aromatic heterocycles. The molecule has 0 aromatic carbocycles. The first-order valence-corrected chi connectivity index (χ1v) is 4.60. The van der Waals surface area contributed by atoms with Gasteiger partial charge in [-0.15, -0.1) is 11.3 Å². The maximum Gasteiger partial charge on any atom is 0.0437 e. The van der Waals surface area contributed by atoms with Gasteiger partial charge in [-0.1, -0.05) is 6.07 Å². The Morgan fingerprint density at radius 2 is 2.45 bits per heavy atom. The van der Waals surface area contributed by atoms with Gasteiger partial charge in [0.05, 0.1) is 0 Å². The fourth-order valence-corrected chi connectivity index (χ4v) is 1.93. The minimum absolute atomic E-state index is 0.222. The molecule has 62 valence electrons. The van der Waals surface area contributed by atoms with Gasteiger partial charge in [0, 0.05) is 23.9 Å². The van der Waals surface area contributed by atoms with Crippen LogP contribution in [-0.4, -0.2) is 18.3 Å². The molecule has 0 bridgehead atoms. The second-order valence-electron chi connectivity index (χ2n) is 2.46. The van der Waals surface area contributed by atoms with Crippen molar-refractivity contribution in [3.63, 3.8) is 0 Å². The first-order chi connectivity index (χ1) is 5.38. The second-order valence-corrected chi connectivity index (χ2v) is 3.44. The van der Waals surface area contributed by atoms with Crippen molar-refractivity contribution in [3.8, 4) is 0 Å². The highest BCUT2D eigenvalue weighted by Gasteiger charge is 2.08. The van der Waals surface area contributed by atoms with Crippen molar-refractivity contribution in [1.82, 2.24) is 0 Å². The van der Waals surface area contributed by atoms with Crippen LogP contribution in [0.1, 0.15) is 17.2 Å². The fraction of sp³-hybridized carbons (Fsp3) is 0.500. The number of rotatable bonds is 4. The highest BCUT2D eigenvalue weighted by atomic mass is 32.1. The molecule has 3 heteroatoms. The lowest BCUT2D eigenvalue weighted by molar-refractivity contribution is 0.277. The topological polar surface area (TPSA) is 46.2 Å². The van der Waals surface area contributed by atoms with Crippen molar-refractivity contribution < 1.29 is 5.11 Å². The average Bonchev–Trinajstić information content (AvgIpc) is 2.52. The Kier molecular flexibility index (Phi) is 3.56. The summed E-state index contributed by atoms with van der Waals surface area (Å²) in [6.07, 6.45) is 0.775. The van der Waals surface area contributed by atoms with Crippen molar-refractivity contribution in [1.29, 1.82) is 0 Å². The van der Waals surface area contributed by atoms with E-state index in [9.17, 15) is 0 Å². The molecule has 0 spiro atoms. The maximum absolute atomic E-state index is 8.72. The fourth-order valence-electron chi connectivity index (χ4n) is 1.06. The molecule has 0 aliphatic carbocycles. The SMILES string of the molecule is NCC(CCO)c1cccs1. The van der Waals surface area contributed by atoms with E-state index in [1.165, 1.54) is 4.88 Å². The van der Waals surface area contributed by atoms with E-state index >= 15 is 0 Å². The molecule has 0 amide bonds. The van der Waals surface area contributed by atoms with E-state index in [0.717, 1.165) is 6.42 Å². The van der Waals surface area contributed by atoms with E-state index in [1.54, 1.807) is 11.3 Å². The van der Waals surface area contributed by atoms with E-state index in [1.807, 2.05) is 11.4 Å². The quantitative estimate of drug-likeness (QED) is 0.714. The van der Waals surface area contributed by atoms with Crippen LogP contribution in [0.25, 0.3) is 0 Å². The van der Waals surface area contributed by atoms with E-state index < -0.39 is 0 Å². The van der Waals surface area contributed by atoms with Crippen molar-refractivity contribution in [3.05, 3.63) is 22.4 Å². The molecule has 0 aliphatic heterocycles. The normalized spacial score (nSPS) is 13.3. The number of nitrogens with two attached hydrogens (primary N) is 1. The van der Waals surface area contributed by atoms with Gasteiger partial charge in [0.2, 0.25) is 0 Å². The summed E-state index contributed by atoms with van der Waals surface area (Å²) in [5.41, 5.74) is 5.55. The van der Waals surface area contributed by atoms with Gasteiger partial charge in [0.15, 0.2) is 0 Å². The smallest absolute Gasteiger partial charge is 0.0437 e. The number of aliphatic hydroxyl groups excluding tert-OH is 1. The van der Waals surface area contributed by atoms with Crippen LogP contribution in [0.5, 0.6) is 0 Å². The van der Waals surface area contributed by atoms with Crippen LogP contribution in [0.15, 0.2) is 17.5 Å². The summed E-state index contributed by atoms with van der Waals surface area (Å²) in [6.45, 7) is 0.848. The number of aliphatic hydroxyl groups is 1. The third-order valence-electron chi connectivity index (χ3n) is 1.71. The minimum atomic E-state index is 0.222. The number of thiophene rings is 1. The Labute approximate surface area is 70.7 Å². The lowest BCUT2D eigenvalue weighted by atomic mass is 10.1. The predicted octanol–water partition coefficient (Wildman–Crippen LogP) is 1.17. The monoisotopic (exact) mass is 171 g/mol. The molecule has 1 atom stereocenters. The molecule has 3 N–H and O–H groups in total. The molecule has 1 aromatic rings. The van der Waals surface area contributed by atoms with Crippen molar-refractivity contribution >= 4 is 11.3 Å². The molecule has 1 unspecified atom stereocenters. The zero-order valence-electron chi connectivity index (χ0n) is 6.36. The van der Waals surface area contributed by atoms with Gasteiger partial charge in [0.25, 0.3) is 0 Å². The summed E-state index contributed by atoms with van der Waals surface area (Å²) in [5, 5.41) is 10.8. The lowest BCUT2D eigenvalue weighted by Crippen LogP contribution is -2.12. The molecule has 2 nitrogen and oxygen atoms in total. The van der Waals surface area contributed by atoms with Crippen molar-refractivity contribution in [2.45, 2.75) is 12.3 Å². The molecule has 1 heterocycles. The highest BCUT2D eigenvalue weighted by molar-refractivity contribution is 7.10. The summed E-state index contributed by atoms with van der Waals surface area (Å²) in [5.74, 6) is 0.347. The van der Waals surface area contributed by atoms with Crippen LogP contribution in [-0.2, 0) is 0 Å². The van der Waals surface area contributed by atoms with E-state index in [4.69, 9.17) is 10.8 Å². The molecule has 0 saturated heterocycles. The average molecular weight is 171 g/mol. The second kappa shape index (κ2) is 4.49. The van der Waals surface area contributed by atoms with Gasteiger partial charge in [0.1, 0.15) is 0 Å². The first kappa shape index (κ1) is 8.71. The Bertz CT molecular complexity index is 186. The van der Waals surface area contributed by atoms with Gasteiger partial charge in [-0.05, 0) is 17.9 Å². The Morgan fingerprint density at radius 1 is 1.64 bits per heavy atom. The van der Waals surface area contributed by atoms with Gasteiger partial charge in [-0.25, -0.2) is 0 Å². The number of hydrogen-bond donors (Lipinski definition) is 2. The third kappa shape index (κ3) is 2.29. The molecule has 0 radical (unpaired) electrons. The highest BCUT2D eigenvalue weighted by Crippen LogP contribution is 2.22. The van der Waals surface area contributed by atoms with Crippen LogP contribution in [0.3, 0.4) is 0 Å². The molecule has 1 rings (SSSR count). The van der Waals surface area contributed by atoms with Crippen molar-refractivity contribution in [2.24, 2.45) is 5.73 Å². The summed E-state index contributed by atoms with van der Waals surface area (Å²) in [6, 6.07) is 4.08. The molecule has 0 aliphatic rings. The van der Waals surface area contributed by atoms with Crippen LogP contribution >= 0.6 is 11.3 Å². The summed E-state index contributed by atoms with van der Waals surface area (Å²) in [4.78, 5) is 1.28. The maximum atomic E-state index is 8.72. The summed E-state index contributed by atoms with van der Waals surface area (Å²) < 4.78 is 0. The van der Waals surface area contributed by atoms with E-state index in [-0.39, 0.29) is 6.61 Å². The molecular weight excluding hydrogens is 158 g/mol. The van der Waals surface area contributed by atoms with Gasteiger partial charge >= 0.3 is 0 Å². The van der Waals surface area contributed by atoms with Gasteiger partial charge in [-0.3, -0.25) is 0 Å². The molecular formula is C8H13NOS. The first-order valence-electron chi connectivity index (χ1n) is 3.72. The largest absolute Gasteiger partial charge is 0.396 e. The van der Waals surface area contributed by atoms with Gasteiger partial charge in [-0.2, -0.15) is 0 Å².